The molecule has 1 unspecified atom stereocenters. The van der Waals surface area contributed by atoms with Gasteiger partial charge >= 0.3 is 0 Å². The Labute approximate surface area is 219 Å². The number of halogens is 3. The molecule has 1 amide bonds. The molecule has 2 aromatic carbocycles. The van der Waals surface area contributed by atoms with Crippen LogP contribution in [0.1, 0.15) is 52.1 Å². The van der Waals surface area contributed by atoms with Gasteiger partial charge in [0, 0.05) is 6.54 Å². The molecule has 0 aliphatic carbocycles. The first-order chi connectivity index (χ1) is 16.0. The molecule has 0 fully saturated rings. The molecule has 1 heterocycles. The third-order valence-corrected chi connectivity index (χ3v) is 7.08. The SMILES string of the molecule is CCn1c(SCC(=O)Nc2cc(Cl)c(Cl)cc2Cl)nnc1C(C)Oc1ccc(C(C)(C)C)cc1. The van der Waals surface area contributed by atoms with E-state index in [9.17, 15) is 4.79 Å². The van der Waals surface area contributed by atoms with Gasteiger partial charge in [0.15, 0.2) is 17.1 Å². The predicted molar refractivity (Wildman–Crippen MR) is 141 cm³/mol. The number of thioether (sulfide) groups is 1. The maximum absolute atomic E-state index is 12.5. The number of rotatable bonds is 8. The molecule has 0 saturated carbocycles. The maximum Gasteiger partial charge on any atom is 0.234 e. The van der Waals surface area contributed by atoms with Gasteiger partial charge in [-0.05, 0) is 49.1 Å². The highest BCUT2D eigenvalue weighted by molar-refractivity contribution is 7.99. The topological polar surface area (TPSA) is 69.0 Å². The Hall–Kier alpha value is -1.93. The maximum atomic E-state index is 12.5. The first kappa shape index (κ1) is 26.7. The van der Waals surface area contributed by atoms with E-state index in [0.717, 1.165) is 5.75 Å². The van der Waals surface area contributed by atoms with Crippen molar-refractivity contribution in [1.82, 2.24) is 14.8 Å². The van der Waals surface area contributed by atoms with Crippen LogP contribution in [-0.2, 0) is 16.8 Å². The molecule has 1 aromatic heterocycles. The lowest BCUT2D eigenvalue weighted by molar-refractivity contribution is -0.113. The van der Waals surface area contributed by atoms with Crippen molar-refractivity contribution in [3.63, 3.8) is 0 Å². The molecule has 3 aromatic rings. The highest BCUT2D eigenvalue weighted by Gasteiger charge is 2.20. The molecule has 34 heavy (non-hydrogen) atoms. The number of benzene rings is 2. The van der Waals surface area contributed by atoms with Crippen LogP contribution in [0.5, 0.6) is 5.75 Å². The molecule has 10 heteroatoms. The van der Waals surface area contributed by atoms with E-state index >= 15 is 0 Å². The van der Waals surface area contributed by atoms with Crippen LogP contribution in [0.3, 0.4) is 0 Å². The quantitative estimate of drug-likeness (QED) is 0.237. The van der Waals surface area contributed by atoms with Gasteiger partial charge in [-0.25, -0.2) is 0 Å². The number of amides is 1. The molecule has 6 nitrogen and oxygen atoms in total. The van der Waals surface area contributed by atoms with Gasteiger partial charge in [0.1, 0.15) is 5.75 Å². The number of hydrogen-bond donors (Lipinski definition) is 1. The van der Waals surface area contributed by atoms with Crippen molar-refractivity contribution in [1.29, 1.82) is 0 Å². The van der Waals surface area contributed by atoms with E-state index in [0.29, 0.717) is 38.3 Å². The lowest BCUT2D eigenvalue weighted by atomic mass is 9.87. The number of carbonyl (C=O) groups is 1. The number of nitrogens with zero attached hydrogens (tertiary/aromatic N) is 3. The van der Waals surface area contributed by atoms with Crippen molar-refractivity contribution in [2.45, 2.75) is 57.8 Å². The predicted octanol–water partition coefficient (Wildman–Crippen LogP) is 7.43. The van der Waals surface area contributed by atoms with Gasteiger partial charge in [-0.15, -0.1) is 10.2 Å². The molecular weight excluding hydrogens is 515 g/mol. The summed E-state index contributed by atoms with van der Waals surface area (Å²) in [5.41, 5.74) is 1.72. The van der Waals surface area contributed by atoms with Gasteiger partial charge in [0.05, 0.1) is 26.5 Å². The zero-order valence-corrected chi connectivity index (χ0v) is 22.7. The van der Waals surface area contributed by atoms with Crippen LogP contribution >= 0.6 is 46.6 Å². The van der Waals surface area contributed by atoms with E-state index in [-0.39, 0.29) is 23.2 Å². The summed E-state index contributed by atoms with van der Waals surface area (Å²) >= 11 is 19.4. The second-order valence-corrected chi connectivity index (χ2v) is 10.9. The minimum Gasteiger partial charge on any atom is -0.483 e. The molecule has 0 spiro atoms. The smallest absolute Gasteiger partial charge is 0.234 e. The van der Waals surface area contributed by atoms with Gasteiger partial charge in [-0.3, -0.25) is 4.79 Å². The third-order valence-electron chi connectivity index (χ3n) is 5.07. The Morgan fingerprint density at radius 1 is 1.09 bits per heavy atom. The van der Waals surface area contributed by atoms with Crippen molar-refractivity contribution in [3.8, 4) is 5.75 Å². The third kappa shape index (κ3) is 6.60. The summed E-state index contributed by atoms with van der Waals surface area (Å²) in [5.74, 6) is 1.33. The Kier molecular flexibility index (Phi) is 8.79. The molecule has 1 N–H and O–H groups in total. The van der Waals surface area contributed by atoms with Gasteiger partial charge < -0.3 is 14.6 Å². The fourth-order valence-electron chi connectivity index (χ4n) is 3.23. The zero-order chi connectivity index (χ0) is 25.0. The molecule has 0 radical (unpaired) electrons. The summed E-state index contributed by atoms with van der Waals surface area (Å²) in [6.07, 6.45) is -0.314. The lowest BCUT2D eigenvalue weighted by Crippen LogP contribution is -2.16. The van der Waals surface area contributed by atoms with Crippen molar-refractivity contribution in [2.75, 3.05) is 11.1 Å². The molecule has 0 saturated heterocycles. The molecule has 0 aliphatic rings. The minimum atomic E-state index is -0.314. The summed E-state index contributed by atoms with van der Waals surface area (Å²) in [5, 5.41) is 12.9. The summed E-state index contributed by atoms with van der Waals surface area (Å²) in [6, 6.07) is 11.1. The zero-order valence-electron chi connectivity index (χ0n) is 19.7. The standard InChI is InChI=1S/C24H27Cl3N4O2S/c1-6-31-22(14(2)33-16-9-7-15(8-10-16)24(3,4)5)29-30-23(31)34-13-21(32)28-20-12-18(26)17(25)11-19(20)27/h7-12,14H,6,13H2,1-5H3,(H,28,32). The highest BCUT2D eigenvalue weighted by Crippen LogP contribution is 2.33. The van der Waals surface area contributed by atoms with Crippen LogP contribution in [0.2, 0.25) is 15.1 Å². The summed E-state index contributed by atoms with van der Waals surface area (Å²) in [4.78, 5) is 12.5. The van der Waals surface area contributed by atoms with Crippen LogP contribution in [0.15, 0.2) is 41.6 Å². The van der Waals surface area contributed by atoms with Gasteiger partial charge in [-0.2, -0.15) is 0 Å². The largest absolute Gasteiger partial charge is 0.483 e. The molecule has 182 valence electrons. The first-order valence-corrected chi connectivity index (χ1v) is 12.9. The Morgan fingerprint density at radius 3 is 2.35 bits per heavy atom. The average molecular weight is 542 g/mol. The number of carbonyl (C=O) groups excluding carboxylic acids is 1. The number of anilines is 1. The second kappa shape index (κ2) is 11.2. The van der Waals surface area contributed by atoms with Crippen molar-refractivity contribution in [2.24, 2.45) is 0 Å². The normalized spacial score (nSPS) is 12.5. The molecule has 0 aliphatic heterocycles. The van der Waals surface area contributed by atoms with Crippen LogP contribution in [0, 0.1) is 0 Å². The molecular formula is C24H27Cl3N4O2S. The van der Waals surface area contributed by atoms with Crippen LogP contribution in [0.4, 0.5) is 5.69 Å². The van der Waals surface area contributed by atoms with E-state index in [4.69, 9.17) is 39.5 Å². The summed E-state index contributed by atoms with van der Waals surface area (Å²) in [7, 11) is 0. The number of nitrogens with one attached hydrogen (secondary N) is 1. The molecule has 3 rings (SSSR count). The Balaban J connectivity index is 1.64. The second-order valence-electron chi connectivity index (χ2n) is 8.70. The lowest BCUT2D eigenvalue weighted by Gasteiger charge is -2.20. The van der Waals surface area contributed by atoms with Gasteiger partial charge in [-0.1, -0.05) is 79.5 Å². The van der Waals surface area contributed by atoms with Crippen LogP contribution in [0.25, 0.3) is 0 Å². The first-order valence-electron chi connectivity index (χ1n) is 10.8. The van der Waals surface area contributed by atoms with E-state index in [1.807, 2.05) is 30.5 Å². The molecule has 0 bridgehead atoms. The van der Waals surface area contributed by atoms with Crippen LogP contribution in [-0.4, -0.2) is 26.4 Å². The van der Waals surface area contributed by atoms with E-state index in [1.165, 1.54) is 29.5 Å². The van der Waals surface area contributed by atoms with E-state index in [1.54, 1.807) is 0 Å². The van der Waals surface area contributed by atoms with Crippen molar-refractivity contribution >= 4 is 58.2 Å². The fraction of sp³-hybridized carbons (Fsp3) is 0.375. The Bertz CT molecular complexity index is 1160. The van der Waals surface area contributed by atoms with E-state index < -0.39 is 0 Å². The summed E-state index contributed by atoms with van der Waals surface area (Å²) < 4.78 is 8.06. The summed E-state index contributed by atoms with van der Waals surface area (Å²) in [6.45, 7) is 11.1. The van der Waals surface area contributed by atoms with E-state index in [2.05, 4.69) is 48.4 Å². The Morgan fingerprint density at radius 2 is 1.74 bits per heavy atom. The average Bonchev–Trinajstić information content (AvgIpc) is 3.19. The fourth-order valence-corrected chi connectivity index (χ4v) is 4.63. The van der Waals surface area contributed by atoms with Gasteiger partial charge in [0.2, 0.25) is 5.91 Å². The molecule has 1 atom stereocenters. The number of hydrogen-bond acceptors (Lipinski definition) is 5. The van der Waals surface area contributed by atoms with Crippen molar-refractivity contribution < 1.29 is 9.53 Å². The van der Waals surface area contributed by atoms with Crippen LogP contribution < -0.4 is 10.1 Å². The van der Waals surface area contributed by atoms with Gasteiger partial charge in [0.25, 0.3) is 0 Å². The van der Waals surface area contributed by atoms with Crippen molar-refractivity contribution in [3.05, 3.63) is 62.9 Å². The number of aromatic nitrogens is 3. The monoisotopic (exact) mass is 540 g/mol. The number of ether oxygens (including phenoxy) is 1. The minimum absolute atomic E-state index is 0.0795. The highest BCUT2D eigenvalue weighted by atomic mass is 35.5.